The first-order valence-corrected chi connectivity index (χ1v) is 10.4. The van der Waals surface area contributed by atoms with E-state index in [0.717, 1.165) is 0 Å². The van der Waals surface area contributed by atoms with Gasteiger partial charge in [0.25, 0.3) is 11.6 Å². The lowest BCUT2D eigenvalue weighted by molar-refractivity contribution is -0.384. The summed E-state index contributed by atoms with van der Waals surface area (Å²) in [5, 5.41) is 11.2. The number of nitrogens with zero attached hydrogens (tertiary/aromatic N) is 2. The molecule has 9 nitrogen and oxygen atoms in total. The van der Waals surface area contributed by atoms with Crippen LogP contribution in [-0.2, 0) is 0 Å². The number of benzene rings is 2. The monoisotopic (exact) mass is 460 g/mol. The third-order valence-corrected chi connectivity index (χ3v) is 6.28. The van der Waals surface area contributed by atoms with Gasteiger partial charge >= 0.3 is 0 Å². The molecule has 4 rings (SSSR count). The Morgan fingerprint density at radius 3 is 2.53 bits per heavy atom. The van der Waals surface area contributed by atoms with E-state index in [9.17, 15) is 19.7 Å². The van der Waals surface area contributed by atoms with Gasteiger partial charge in [0.15, 0.2) is 17.3 Å². The number of nitro benzene ring substituents is 1. The third kappa shape index (κ3) is 3.73. The van der Waals surface area contributed by atoms with E-state index in [4.69, 9.17) is 25.8 Å². The highest BCUT2D eigenvalue weighted by molar-refractivity contribution is 6.33. The van der Waals surface area contributed by atoms with E-state index in [1.807, 2.05) is 0 Å². The van der Waals surface area contributed by atoms with Crippen LogP contribution < -0.4 is 14.2 Å². The van der Waals surface area contributed by atoms with Crippen molar-refractivity contribution in [3.8, 4) is 17.2 Å². The number of methoxy groups -OCH3 is 2. The minimum absolute atomic E-state index is 0.0614. The van der Waals surface area contributed by atoms with Crippen LogP contribution in [0.4, 0.5) is 5.69 Å². The van der Waals surface area contributed by atoms with Crippen molar-refractivity contribution >= 4 is 29.0 Å². The number of carbonyl (C=O) groups is 2. The summed E-state index contributed by atoms with van der Waals surface area (Å²) in [6, 6.07) is 7.11. The molecule has 0 saturated carbocycles. The van der Waals surface area contributed by atoms with Gasteiger partial charge in [-0.2, -0.15) is 0 Å². The van der Waals surface area contributed by atoms with Gasteiger partial charge in [-0.3, -0.25) is 19.7 Å². The number of likely N-dealkylation sites (tertiary alicyclic amines) is 1. The van der Waals surface area contributed by atoms with Gasteiger partial charge in [-0.05, 0) is 18.2 Å². The fourth-order valence-corrected chi connectivity index (χ4v) is 4.42. The highest BCUT2D eigenvalue weighted by atomic mass is 35.5. The molecule has 2 aliphatic rings. The number of fused-ring (bicyclic) bond motifs is 1. The lowest BCUT2D eigenvalue weighted by atomic mass is 9.82. The molecule has 0 unspecified atom stereocenters. The molecule has 0 radical (unpaired) electrons. The number of carbonyl (C=O) groups excluding carboxylic acids is 2. The number of ketones is 1. The fraction of sp³-hybridized carbons (Fsp3) is 0.364. The molecule has 1 spiro atoms. The molecule has 0 aromatic heterocycles. The molecular formula is C22H21ClN2O7. The SMILES string of the molecule is COc1ccc2c(c1OC)OC1(CCN(C(=O)c3cc([N+](=O)[O-])ccc3Cl)CC1)CC2=O. The standard InChI is InChI=1S/C22H21ClN2O7/c1-30-18-6-4-14-17(26)12-22(32-19(14)20(18)31-2)7-9-24(10-8-22)21(27)15-11-13(25(28)29)3-5-16(15)23/h3-6,11H,7-10,12H2,1-2H3. The van der Waals surface area contributed by atoms with Crippen LogP contribution in [0, 0.1) is 10.1 Å². The number of piperidine rings is 1. The van der Waals surface area contributed by atoms with Crippen LogP contribution in [0.3, 0.4) is 0 Å². The number of nitro groups is 1. The number of non-ortho nitro benzene ring substituents is 1. The number of amides is 1. The minimum atomic E-state index is -0.771. The molecule has 0 bridgehead atoms. The summed E-state index contributed by atoms with van der Waals surface area (Å²) in [5.74, 6) is 0.719. The second-order valence-electron chi connectivity index (χ2n) is 7.78. The summed E-state index contributed by atoms with van der Waals surface area (Å²) in [5.41, 5.74) is -0.457. The van der Waals surface area contributed by atoms with Crippen molar-refractivity contribution in [2.75, 3.05) is 27.3 Å². The van der Waals surface area contributed by atoms with E-state index < -0.39 is 16.4 Å². The van der Waals surface area contributed by atoms with Crippen molar-refractivity contribution in [2.24, 2.45) is 0 Å². The van der Waals surface area contributed by atoms with Gasteiger partial charge in [-0.25, -0.2) is 0 Å². The van der Waals surface area contributed by atoms with Crippen molar-refractivity contribution < 1.29 is 28.7 Å². The lowest BCUT2D eigenvalue weighted by Gasteiger charge is -2.44. The molecule has 32 heavy (non-hydrogen) atoms. The van der Waals surface area contributed by atoms with Gasteiger partial charge in [0, 0.05) is 38.1 Å². The highest BCUT2D eigenvalue weighted by Gasteiger charge is 2.45. The molecule has 1 fully saturated rings. The first-order chi connectivity index (χ1) is 15.3. The van der Waals surface area contributed by atoms with Crippen LogP contribution in [0.1, 0.15) is 40.0 Å². The number of halogens is 1. The second-order valence-corrected chi connectivity index (χ2v) is 8.18. The molecule has 2 heterocycles. The van der Waals surface area contributed by atoms with Crippen molar-refractivity contribution in [1.29, 1.82) is 0 Å². The van der Waals surface area contributed by atoms with Crippen LogP contribution in [0.25, 0.3) is 0 Å². The van der Waals surface area contributed by atoms with E-state index in [0.29, 0.717) is 48.7 Å². The number of Topliss-reactive ketones (excluding diaryl/α,β-unsaturated/α-hetero) is 1. The van der Waals surface area contributed by atoms with Crippen molar-refractivity contribution in [2.45, 2.75) is 24.9 Å². The Morgan fingerprint density at radius 1 is 1.19 bits per heavy atom. The number of rotatable bonds is 4. The van der Waals surface area contributed by atoms with Crippen LogP contribution >= 0.6 is 11.6 Å². The van der Waals surface area contributed by atoms with E-state index in [1.165, 1.54) is 32.4 Å². The Bertz CT molecular complexity index is 1110. The molecule has 2 aromatic carbocycles. The summed E-state index contributed by atoms with van der Waals surface area (Å²) in [6.07, 6.45) is 1.02. The largest absolute Gasteiger partial charge is 0.493 e. The Hall–Kier alpha value is -3.33. The predicted molar refractivity (Wildman–Crippen MR) is 115 cm³/mol. The summed E-state index contributed by atoms with van der Waals surface area (Å²) < 4.78 is 17.1. The molecule has 2 aliphatic heterocycles. The van der Waals surface area contributed by atoms with Crippen LogP contribution in [0.5, 0.6) is 17.2 Å². The molecule has 0 atom stereocenters. The van der Waals surface area contributed by atoms with Gasteiger partial charge < -0.3 is 19.1 Å². The number of hydrogen-bond acceptors (Lipinski definition) is 7. The van der Waals surface area contributed by atoms with Gasteiger partial charge in [0.2, 0.25) is 5.75 Å². The predicted octanol–water partition coefficient (Wildman–Crippen LogP) is 3.91. The quantitative estimate of drug-likeness (QED) is 0.502. The van der Waals surface area contributed by atoms with E-state index >= 15 is 0 Å². The van der Waals surface area contributed by atoms with E-state index in [1.54, 1.807) is 17.0 Å². The zero-order valence-electron chi connectivity index (χ0n) is 17.6. The molecule has 10 heteroatoms. The Kier molecular flexibility index (Phi) is 5.68. The lowest BCUT2D eigenvalue weighted by Crippen LogP contribution is -2.52. The molecule has 1 saturated heterocycles. The molecule has 168 valence electrons. The summed E-state index contributed by atoms with van der Waals surface area (Å²) in [4.78, 5) is 37.9. The van der Waals surface area contributed by atoms with E-state index in [2.05, 4.69) is 0 Å². The zero-order chi connectivity index (χ0) is 23.0. The first-order valence-electron chi connectivity index (χ1n) is 9.99. The summed E-state index contributed by atoms with van der Waals surface area (Å²) >= 11 is 6.13. The van der Waals surface area contributed by atoms with Crippen LogP contribution in [0.2, 0.25) is 5.02 Å². The van der Waals surface area contributed by atoms with Crippen molar-refractivity contribution in [1.82, 2.24) is 4.90 Å². The highest BCUT2D eigenvalue weighted by Crippen LogP contribution is 2.48. The van der Waals surface area contributed by atoms with Crippen LogP contribution in [0.15, 0.2) is 30.3 Å². The molecular weight excluding hydrogens is 440 g/mol. The molecule has 1 amide bonds. The average molecular weight is 461 g/mol. The van der Waals surface area contributed by atoms with Gasteiger partial charge in [0.05, 0.1) is 41.7 Å². The summed E-state index contributed by atoms with van der Waals surface area (Å²) in [6.45, 7) is 0.625. The van der Waals surface area contributed by atoms with Crippen molar-refractivity contribution in [3.63, 3.8) is 0 Å². The zero-order valence-corrected chi connectivity index (χ0v) is 18.3. The maximum atomic E-state index is 13.0. The Labute approximate surface area is 189 Å². The fourth-order valence-electron chi connectivity index (χ4n) is 4.22. The second kappa shape index (κ2) is 8.31. The van der Waals surface area contributed by atoms with Gasteiger partial charge in [0.1, 0.15) is 5.60 Å². The smallest absolute Gasteiger partial charge is 0.270 e. The molecule has 0 N–H and O–H groups in total. The maximum Gasteiger partial charge on any atom is 0.270 e. The minimum Gasteiger partial charge on any atom is -0.493 e. The van der Waals surface area contributed by atoms with Crippen molar-refractivity contribution in [3.05, 3.63) is 56.6 Å². The van der Waals surface area contributed by atoms with Crippen LogP contribution in [-0.4, -0.2) is 54.4 Å². The molecule has 0 aliphatic carbocycles. The van der Waals surface area contributed by atoms with Gasteiger partial charge in [-0.15, -0.1) is 0 Å². The maximum absolute atomic E-state index is 13.0. The van der Waals surface area contributed by atoms with Gasteiger partial charge in [-0.1, -0.05) is 11.6 Å². The first kappa shape index (κ1) is 21.9. The average Bonchev–Trinajstić information content (AvgIpc) is 2.78. The third-order valence-electron chi connectivity index (χ3n) is 5.95. The topological polar surface area (TPSA) is 108 Å². The number of hydrogen-bond donors (Lipinski definition) is 0. The molecule has 2 aromatic rings. The number of ether oxygens (including phenoxy) is 3. The summed E-state index contributed by atoms with van der Waals surface area (Å²) in [7, 11) is 2.99. The van der Waals surface area contributed by atoms with E-state index in [-0.39, 0.29) is 28.5 Å². The normalized spacial score (nSPS) is 16.8. The Balaban J connectivity index is 1.55. The Morgan fingerprint density at radius 2 is 1.91 bits per heavy atom.